The molecule has 1 aromatic carbocycles. The van der Waals surface area contributed by atoms with Crippen LogP contribution < -0.4 is 0 Å². The lowest BCUT2D eigenvalue weighted by molar-refractivity contribution is 0.0469. The molecule has 0 saturated carbocycles. The van der Waals surface area contributed by atoms with Crippen LogP contribution >= 0.6 is 11.3 Å². The Morgan fingerprint density at radius 1 is 1.10 bits per heavy atom. The third-order valence-electron chi connectivity index (χ3n) is 4.84. The van der Waals surface area contributed by atoms with Crippen LogP contribution in [0.1, 0.15) is 48.4 Å². The van der Waals surface area contributed by atoms with Gasteiger partial charge in [0.05, 0.1) is 6.61 Å². The highest BCUT2D eigenvalue weighted by molar-refractivity contribution is 7.09. The first-order valence-electron chi connectivity index (χ1n) is 9.22. The Labute approximate surface area is 174 Å². The molecule has 29 heavy (non-hydrogen) atoms. The molecule has 0 unspecified atom stereocenters. The van der Waals surface area contributed by atoms with E-state index in [1.54, 1.807) is 12.5 Å². The predicted octanol–water partition coefficient (Wildman–Crippen LogP) is 4.35. The van der Waals surface area contributed by atoms with Crippen molar-refractivity contribution < 1.29 is 19.1 Å². The second kappa shape index (κ2) is 8.71. The number of aryl methyl sites for hydroxylation is 3. The number of hydrogen-bond donors (Lipinski definition) is 0. The van der Waals surface area contributed by atoms with Crippen molar-refractivity contribution in [2.75, 3.05) is 13.7 Å². The first-order chi connectivity index (χ1) is 13.8. The number of aromatic nitrogens is 2. The lowest BCUT2D eigenvalue weighted by Gasteiger charge is -2.12. The Kier molecular flexibility index (Phi) is 6.30. The Balaban J connectivity index is 1.74. The third kappa shape index (κ3) is 4.46. The lowest BCUT2D eigenvalue weighted by atomic mass is 10.1. The summed E-state index contributed by atoms with van der Waals surface area (Å²) in [6.07, 6.45) is 0. The molecule has 6 nitrogen and oxygen atoms in total. The largest absolute Gasteiger partial charge is 0.453 e. The summed E-state index contributed by atoms with van der Waals surface area (Å²) in [6.45, 7) is 7.99. The van der Waals surface area contributed by atoms with Gasteiger partial charge in [0, 0.05) is 35.1 Å². The molecule has 0 radical (unpaired) electrons. The van der Waals surface area contributed by atoms with Crippen molar-refractivity contribution in [1.29, 1.82) is 0 Å². The summed E-state index contributed by atoms with van der Waals surface area (Å²) in [5.74, 6) is -0.853. The molecular formula is C22H24N2O4S. The number of carbonyl (C=O) groups excluding carboxylic acids is 2. The fourth-order valence-corrected chi connectivity index (χ4v) is 3.92. The van der Waals surface area contributed by atoms with E-state index in [4.69, 9.17) is 9.47 Å². The van der Waals surface area contributed by atoms with Crippen LogP contribution in [-0.2, 0) is 16.1 Å². The van der Waals surface area contributed by atoms with Crippen molar-refractivity contribution in [1.82, 2.24) is 9.55 Å². The minimum Gasteiger partial charge on any atom is -0.453 e. The van der Waals surface area contributed by atoms with Gasteiger partial charge < -0.3 is 14.0 Å². The molecule has 0 fully saturated rings. The van der Waals surface area contributed by atoms with E-state index in [1.807, 2.05) is 30.5 Å². The molecule has 0 N–H and O–H groups in total. The average Bonchev–Trinajstić information content (AvgIpc) is 3.27. The number of carbonyl (C=O) groups is 2. The van der Waals surface area contributed by atoms with Crippen molar-refractivity contribution in [2.45, 2.75) is 34.3 Å². The summed E-state index contributed by atoms with van der Waals surface area (Å²) in [4.78, 5) is 29.0. The van der Waals surface area contributed by atoms with Gasteiger partial charge in [-0.25, -0.2) is 9.78 Å². The first-order valence-corrected chi connectivity index (χ1v) is 10.1. The molecule has 152 valence electrons. The van der Waals surface area contributed by atoms with Crippen molar-refractivity contribution in [2.24, 2.45) is 0 Å². The maximum absolute atomic E-state index is 12.7. The normalized spacial score (nSPS) is 10.9. The van der Waals surface area contributed by atoms with Crippen LogP contribution in [0.2, 0.25) is 0 Å². The lowest BCUT2D eigenvalue weighted by Crippen LogP contribution is -2.15. The predicted molar refractivity (Wildman–Crippen MR) is 112 cm³/mol. The molecule has 0 spiro atoms. The smallest absolute Gasteiger partial charge is 0.358 e. The number of nitrogens with zero attached hydrogens (tertiary/aromatic N) is 2. The molecule has 3 aromatic rings. The Bertz CT molecular complexity index is 1060. The quantitative estimate of drug-likeness (QED) is 0.426. The highest BCUT2D eigenvalue weighted by Gasteiger charge is 2.20. The standard InChI is InChI=1S/C22H24N2O4S/c1-13-6-7-17(8-14(13)2)24-15(3)9-18(16(24)4)20(25)10-28-22(26)19-12-29-21(23-19)11-27-5/h6-9,12H,10-11H2,1-5H3. The van der Waals surface area contributed by atoms with E-state index in [9.17, 15) is 9.59 Å². The molecule has 0 aliphatic heterocycles. The van der Waals surface area contributed by atoms with E-state index in [2.05, 4.69) is 31.0 Å². The summed E-state index contributed by atoms with van der Waals surface area (Å²) < 4.78 is 12.2. The summed E-state index contributed by atoms with van der Waals surface area (Å²) in [7, 11) is 1.56. The van der Waals surface area contributed by atoms with Crippen LogP contribution in [0, 0.1) is 27.7 Å². The molecule has 0 atom stereocenters. The van der Waals surface area contributed by atoms with Crippen LogP contribution in [-0.4, -0.2) is 35.0 Å². The summed E-state index contributed by atoms with van der Waals surface area (Å²) in [6, 6.07) is 8.04. The molecule has 0 aliphatic rings. The van der Waals surface area contributed by atoms with E-state index in [0.717, 1.165) is 17.1 Å². The van der Waals surface area contributed by atoms with E-state index in [0.29, 0.717) is 17.2 Å². The van der Waals surface area contributed by atoms with Gasteiger partial charge in [-0.15, -0.1) is 11.3 Å². The molecular weight excluding hydrogens is 388 g/mol. The average molecular weight is 413 g/mol. The maximum Gasteiger partial charge on any atom is 0.358 e. The number of thiazole rings is 1. The number of rotatable bonds is 7. The molecule has 2 aromatic heterocycles. The van der Waals surface area contributed by atoms with E-state index in [-0.39, 0.29) is 18.1 Å². The number of esters is 1. The molecule has 7 heteroatoms. The molecule has 0 amide bonds. The number of hydrogen-bond acceptors (Lipinski definition) is 6. The highest BCUT2D eigenvalue weighted by Crippen LogP contribution is 2.23. The van der Waals surface area contributed by atoms with Crippen molar-refractivity contribution in [3.05, 3.63) is 68.4 Å². The van der Waals surface area contributed by atoms with Gasteiger partial charge in [-0.05, 0) is 57.0 Å². The fourth-order valence-electron chi connectivity index (χ4n) is 3.18. The minimum absolute atomic E-state index is 0.190. The van der Waals surface area contributed by atoms with E-state index >= 15 is 0 Å². The van der Waals surface area contributed by atoms with Gasteiger partial charge in [-0.1, -0.05) is 6.07 Å². The van der Waals surface area contributed by atoms with Gasteiger partial charge in [-0.2, -0.15) is 0 Å². The summed E-state index contributed by atoms with van der Waals surface area (Å²) >= 11 is 1.32. The van der Waals surface area contributed by atoms with Gasteiger partial charge in [0.2, 0.25) is 5.78 Å². The van der Waals surface area contributed by atoms with Gasteiger partial charge in [0.1, 0.15) is 5.01 Å². The van der Waals surface area contributed by atoms with E-state index in [1.165, 1.54) is 22.5 Å². The van der Waals surface area contributed by atoms with Gasteiger partial charge in [-0.3, -0.25) is 4.79 Å². The van der Waals surface area contributed by atoms with Crippen molar-refractivity contribution >= 4 is 23.1 Å². The zero-order chi connectivity index (χ0) is 21.1. The zero-order valence-corrected chi connectivity index (χ0v) is 18.1. The molecule has 0 aliphatic carbocycles. The number of ether oxygens (including phenoxy) is 2. The second-order valence-electron chi connectivity index (χ2n) is 6.95. The summed E-state index contributed by atoms with van der Waals surface area (Å²) in [5, 5.41) is 2.29. The Hall–Kier alpha value is -2.77. The summed E-state index contributed by atoms with van der Waals surface area (Å²) in [5.41, 5.74) is 5.92. The van der Waals surface area contributed by atoms with Gasteiger partial charge in [0.15, 0.2) is 12.3 Å². The number of benzene rings is 1. The van der Waals surface area contributed by atoms with Crippen LogP contribution in [0.4, 0.5) is 0 Å². The van der Waals surface area contributed by atoms with Crippen molar-refractivity contribution in [3.63, 3.8) is 0 Å². The zero-order valence-electron chi connectivity index (χ0n) is 17.2. The molecule has 3 rings (SSSR count). The third-order valence-corrected chi connectivity index (χ3v) is 5.67. The van der Waals surface area contributed by atoms with Crippen LogP contribution in [0.25, 0.3) is 5.69 Å². The highest BCUT2D eigenvalue weighted by atomic mass is 32.1. The fraction of sp³-hybridized carbons (Fsp3) is 0.318. The van der Waals surface area contributed by atoms with Crippen LogP contribution in [0.15, 0.2) is 29.6 Å². The number of ketones is 1. The molecule has 2 heterocycles. The van der Waals surface area contributed by atoms with Gasteiger partial charge in [0.25, 0.3) is 0 Å². The minimum atomic E-state index is -0.611. The first kappa shape index (κ1) is 21.0. The second-order valence-corrected chi connectivity index (χ2v) is 7.89. The molecule has 0 saturated heterocycles. The van der Waals surface area contributed by atoms with Crippen molar-refractivity contribution in [3.8, 4) is 5.69 Å². The number of methoxy groups -OCH3 is 1. The Morgan fingerprint density at radius 3 is 2.55 bits per heavy atom. The Morgan fingerprint density at radius 2 is 1.86 bits per heavy atom. The van der Waals surface area contributed by atoms with Gasteiger partial charge >= 0.3 is 5.97 Å². The number of Topliss-reactive ketones (excluding diaryl/α,β-unsaturated/α-hetero) is 1. The topological polar surface area (TPSA) is 70.4 Å². The monoisotopic (exact) mass is 412 g/mol. The maximum atomic E-state index is 12.7. The van der Waals surface area contributed by atoms with E-state index < -0.39 is 5.97 Å². The molecule has 0 bridgehead atoms. The SMILES string of the molecule is COCc1nc(C(=O)OCC(=O)c2cc(C)n(-c3ccc(C)c(C)c3)c2C)cs1. The van der Waals surface area contributed by atoms with Crippen LogP contribution in [0.3, 0.4) is 0 Å². The van der Waals surface area contributed by atoms with Crippen LogP contribution in [0.5, 0.6) is 0 Å².